The van der Waals surface area contributed by atoms with Crippen molar-refractivity contribution in [3.8, 4) is 5.75 Å². The van der Waals surface area contributed by atoms with E-state index >= 15 is 0 Å². The van der Waals surface area contributed by atoms with Gasteiger partial charge in [0.1, 0.15) is 11.5 Å². The van der Waals surface area contributed by atoms with Crippen LogP contribution in [0.25, 0.3) is 5.76 Å². The number of hydrogen-bond donors (Lipinski definition) is 2. The summed E-state index contributed by atoms with van der Waals surface area (Å²) in [6.45, 7) is 0.128. The molecule has 0 spiro atoms. The first-order valence-electron chi connectivity index (χ1n) is 8.67. The molecule has 1 fully saturated rings. The maximum Gasteiger partial charge on any atom is 0.295 e. The van der Waals surface area contributed by atoms with Crippen LogP contribution in [0.2, 0.25) is 0 Å². The second-order valence-electron chi connectivity index (χ2n) is 6.21. The zero-order valence-electron chi connectivity index (χ0n) is 15.0. The maximum absolute atomic E-state index is 12.7. The number of ketones is 1. The van der Waals surface area contributed by atoms with Crippen molar-refractivity contribution < 1.29 is 24.5 Å². The van der Waals surface area contributed by atoms with Gasteiger partial charge in [-0.15, -0.1) is 0 Å². The normalized spacial score (nSPS) is 18.7. The van der Waals surface area contributed by atoms with E-state index in [1.807, 2.05) is 30.3 Å². The molecule has 6 heteroatoms. The van der Waals surface area contributed by atoms with Crippen LogP contribution in [0.3, 0.4) is 0 Å². The Morgan fingerprint density at radius 2 is 1.74 bits per heavy atom. The van der Waals surface area contributed by atoms with Gasteiger partial charge in [-0.05, 0) is 36.2 Å². The Labute approximate surface area is 157 Å². The van der Waals surface area contributed by atoms with E-state index in [2.05, 4.69) is 0 Å². The van der Waals surface area contributed by atoms with Gasteiger partial charge in [0.2, 0.25) is 0 Å². The molecule has 1 saturated heterocycles. The van der Waals surface area contributed by atoms with Crippen molar-refractivity contribution in [2.75, 3.05) is 20.3 Å². The fourth-order valence-corrected chi connectivity index (χ4v) is 3.24. The molecule has 27 heavy (non-hydrogen) atoms. The molecule has 1 atom stereocenters. The molecule has 0 saturated carbocycles. The molecule has 2 aromatic rings. The molecule has 2 aromatic carbocycles. The molecule has 2 N–H and O–H groups in total. The Morgan fingerprint density at radius 3 is 2.33 bits per heavy atom. The van der Waals surface area contributed by atoms with E-state index in [9.17, 15) is 14.7 Å². The van der Waals surface area contributed by atoms with Crippen LogP contribution in [0.4, 0.5) is 0 Å². The van der Waals surface area contributed by atoms with Crippen LogP contribution in [0.1, 0.15) is 23.6 Å². The number of likely N-dealkylation sites (tertiary alicyclic amines) is 1. The summed E-state index contributed by atoms with van der Waals surface area (Å²) in [4.78, 5) is 26.7. The standard InChI is InChI=1S/C21H21NO5/c1-27-16-10-8-15(9-11-16)19(24)17-18(14-6-3-2-4-7-14)22(12-5-13-23)21(26)20(17)25/h2-4,6-11,18,23-24H,5,12-13H2,1H3/b19-17+/t18-/m1/s1. The van der Waals surface area contributed by atoms with Gasteiger partial charge in [-0.2, -0.15) is 0 Å². The molecule has 0 aromatic heterocycles. The monoisotopic (exact) mass is 367 g/mol. The van der Waals surface area contributed by atoms with E-state index in [4.69, 9.17) is 9.84 Å². The van der Waals surface area contributed by atoms with Crippen LogP contribution >= 0.6 is 0 Å². The van der Waals surface area contributed by atoms with Gasteiger partial charge in [0.05, 0.1) is 18.7 Å². The average Bonchev–Trinajstić information content (AvgIpc) is 2.97. The maximum atomic E-state index is 12.7. The Kier molecular flexibility index (Phi) is 5.57. The van der Waals surface area contributed by atoms with Crippen molar-refractivity contribution in [3.05, 3.63) is 71.3 Å². The number of aliphatic hydroxyl groups is 2. The molecule has 1 aliphatic heterocycles. The number of benzene rings is 2. The van der Waals surface area contributed by atoms with E-state index in [0.717, 1.165) is 5.56 Å². The van der Waals surface area contributed by atoms with Crippen molar-refractivity contribution in [3.63, 3.8) is 0 Å². The van der Waals surface area contributed by atoms with E-state index in [0.29, 0.717) is 17.7 Å². The Hall–Kier alpha value is -3.12. The van der Waals surface area contributed by atoms with Crippen LogP contribution in [0.5, 0.6) is 5.75 Å². The second-order valence-corrected chi connectivity index (χ2v) is 6.21. The number of carbonyl (C=O) groups excluding carboxylic acids is 2. The van der Waals surface area contributed by atoms with Gasteiger partial charge in [0, 0.05) is 18.7 Å². The van der Waals surface area contributed by atoms with Gasteiger partial charge in [0.15, 0.2) is 0 Å². The predicted molar refractivity (Wildman–Crippen MR) is 100 cm³/mol. The molecule has 1 amide bonds. The summed E-state index contributed by atoms with van der Waals surface area (Å²) in [5, 5.41) is 20.0. The van der Waals surface area contributed by atoms with Crippen LogP contribution in [-0.4, -0.2) is 47.1 Å². The number of ether oxygens (including phenoxy) is 1. The molecule has 140 valence electrons. The van der Waals surface area contributed by atoms with Gasteiger partial charge < -0.3 is 19.8 Å². The van der Waals surface area contributed by atoms with Gasteiger partial charge in [-0.3, -0.25) is 9.59 Å². The smallest absolute Gasteiger partial charge is 0.295 e. The van der Waals surface area contributed by atoms with Gasteiger partial charge in [0.25, 0.3) is 11.7 Å². The number of nitrogens with zero attached hydrogens (tertiary/aromatic N) is 1. The highest BCUT2D eigenvalue weighted by atomic mass is 16.5. The first kappa shape index (κ1) is 18.7. The third-order valence-electron chi connectivity index (χ3n) is 4.58. The lowest BCUT2D eigenvalue weighted by Gasteiger charge is -2.25. The lowest BCUT2D eigenvalue weighted by molar-refractivity contribution is -0.140. The SMILES string of the molecule is COc1ccc(/C(O)=C2\C(=O)C(=O)N(CCCO)[C@@H]2c2ccccc2)cc1. The van der Waals surface area contributed by atoms with Gasteiger partial charge in [-0.25, -0.2) is 0 Å². The second kappa shape index (κ2) is 8.05. The summed E-state index contributed by atoms with van der Waals surface area (Å²) in [6.07, 6.45) is 0.346. The minimum absolute atomic E-state index is 0.0503. The summed E-state index contributed by atoms with van der Waals surface area (Å²) < 4.78 is 5.11. The highest BCUT2D eigenvalue weighted by Gasteiger charge is 2.45. The fourth-order valence-electron chi connectivity index (χ4n) is 3.24. The fraction of sp³-hybridized carbons (Fsp3) is 0.238. The number of rotatable bonds is 6. The van der Waals surface area contributed by atoms with Crippen molar-refractivity contribution in [1.29, 1.82) is 0 Å². The van der Waals surface area contributed by atoms with E-state index < -0.39 is 17.7 Å². The lowest BCUT2D eigenvalue weighted by Crippen LogP contribution is -2.31. The van der Waals surface area contributed by atoms with Crippen molar-refractivity contribution in [2.45, 2.75) is 12.5 Å². The number of hydrogen-bond acceptors (Lipinski definition) is 5. The van der Waals surface area contributed by atoms with Crippen LogP contribution in [-0.2, 0) is 9.59 Å². The summed E-state index contributed by atoms with van der Waals surface area (Å²) in [6, 6.07) is 15.0. The lowest BCUT2D eigenvalue weighted by atomic mass is 9.95. The summed E-state index contributed by atoms with van der Waals surface area (Å²) in [7, 11) is 1.54. The highest BCUT2D eigenvalue weighted by molar-refractivity contribution is 6.46. The van der Waals surface area contributed by atoms with E-state index in [1.54, 1.807) is 24.3 Å². The molecule has 1 heterocycles. The zero-order chi connectivity index (χ0) is 19.4. The van der Waals surface area contributed by atoms with Crippen LogP contribution in [0, 0.1) is 0 Å². The quantitative estimate of drug-likeness (QED) is 0.465. The first-order chi connectivity index (χ1) is 13.1. The Bertz CT molecular complexity index is 858. The molecular formula is C21H21NO5. The minimum Gasteiger partial charge on any atom is -0.507 e. The molecule has 0 aliphatic carbocycles. The minimum atomic E-state index is -0.727. The van der Waals surface area contributed by atoms with Crippen molar-refractivity contribution in [1.82, 2.24) is 4.90 Å². The predicted octanol–water partition coefficient (Wildman–Crippen LogP) is 2.50. The molecular weight excluding hydrogens is 346 g/mol. The number of Topliss-reactive ketones (excluding diaryl/α,β-unsaturated/α-hetero) is 1. The number of carbonyl (C=O) groups is 2. The van der Waals surface area contributed by atoms with Crippen LogP contribution in [0.15, 0.2) is 60.2 Å². The summed E-state index contributed by atoms with van der Waals surface area (Å²) >= 11 is 0. The first-order valence-corrected chi connectivity index (χ1v) is 8.67. The third-order valence-corrected chi connectivity index (χ3v) is 4.58. The molecule has 0 bridgehead atoms. The number of aliphatic hydroxyl groups excluding tert-OH is 2. The number of amides is 1. The summed E-state index contributed by atoms with van der Waals surface area (Å²) in [5.74, 6) is -1.01. The molecule has 0 radical (unpaired) electrons. The van der Waals surface area contributed by atoms with E-state index in [-0.39, 0.29) is 24.5 Å². The zero-order valence-corrected chi connectivity index (χ0v) is 15.0. The molecule has 0 unspecified atom stereocenters. The Morgan fingerprint density at radius 1 is 1.07 bits per heavy atom. The van der Waals surface area contributed by atoms with Gasteiger partial charge >= 0.3 is 0 Å². The van der Waals surface area contributed by atoms with Crippen LogP contribution < -0.4 is 4.74 Å². The topological polar surface area (TPSA) is 87.1 Å². The highest BCUT2D eigenvalue weighted by Crippen LogP contribution is 2.39. The molecule has 3 rings (SSSR count). The van der Waals surface area contributed by atoms with E-state index in [1.165, 1.54) is 12.0 Å². The number of methoxy groups -OCH3 is 1. The largest absolute Gasteiger partial charge is 0.507 e. The molecule has 1 aliphatic rings. The van der Waals surface area contributed by atoms with Crippen molar-refractivity contribution in [2.24, 2.45) is 0 Å². The average molecular weight is 367 g/mol. The van der Waals surface area contributed by atoms with Crippen molar-refractivity contribution >= 4 is 17.4 Å². The Balaban J connectivity index is 2.11. The summed E-state index contributed by atoms with van der Waals surface area (Å²) in [5.41, 5.74) is 1.20. The molecule has 6 nitrogen and oxygen atoms in total. The van der Waals surface area contributed by atoms with Gasteiger partial charge in [-0.1, -0.05) is 30.3 Å². The third kappa shape index (κ3) is 3.57.